The zero-order valence-corrected chi connectivity index (χ0v) is 17.7. The lowest BCUT2D eigenvalue weighted by molar-refractivity contribution is 0.0928. The van der Waals surface area contributed by atoms with Crippen LogP contribution in [0.4, 0.5) is 4.39 Å². The Hall–Kier alpha value is -2.90. The molecule has 1 amide bonds. The topological polar surface area (TPSA) is 84.7 Å². The van der Waals surface area contributed by atoms with Gasteiger partial charge in [0.1, 0.15) is 17.3 Å². The van der Waals surface area contributed by atoms with Gasteiger partial charge in [-0.1, -0.05) is 26.0 Å². The van der Waals surface area contributed by atoms with Gasteiger partial charge in [0, 0.05) is 30.9 Å². The lowest BCUT2D eigenvalue weighted by Gasteiger charge is -2.16. The summed E-state index contributed by atoms with van der Waals surface area (Å²) in [5.74, 6) is 0.675. The molecule has 3 aromatic rings. The molecule has 7 nitrogen and oxygen atoms in total. The minimum atomic E-state index is -0.372. The van der Waals surface area contributed by atoms with Gasteiger partial charge in [-0.25, -0.2) is 13.9 Å². The molecule has 30 heavy (non-hydrogen) atoms. The van der Waals surface area contributed by atoms with Gasteiger partial charge < -0.3 is 10.3 Å². The SMILES string of the molecule is Cc1c(C(=O)NC2CCc3nn(CCC(C)C)c(=O)n3CC2)[nH]c2c(F)cccc12. The summed E-state index contributed by atoms with van der Waals surface area (Å²) >= 11 is 0. The molecule has 4 rings (SSSR count). The Morgan fingerprint density at radius 1 is 1.37 bits per heavy atom. The number of hydrogen-bond donors (Lipinski definition) is 2. The van der Waals surface area contributed by atoms with E-state index in [0.717, 1.165) is 17.8 Å². The fourth-order valence-electron chi connectivity index (χ4n) is 4.10. The van der Waals surface area contributed by atoms with Gasteiger partial charge in [-0.3, -0.25) is 9.36 Å². The smallest absolute Gasteiger partial charge is 0.345 e. The third-order valence-electron chi connectivity index (χ3n) is 5.94. The maximum Gasteiger partial charge on any atom is 0.345 e. The summed E-state index contributed by atoms with van der Waals surface area (Å²) in [4.78, 5) is 28.4. The standard InChI is InChI=1S/C22H28FN5O2/c1-13(2)9-12-28-22(30)27-11-10-15(7-8-18(27)26-28)24-21(29)19-14(3)16-5-4-6-17(23)20(16)25-19/h4-6,13,15,25H,7-12H2,1-3H3,(H,24,29). The van der Waals surface area contributed by atoms with E-state index in [1.54, 1.807) is 21.4 Å². The van der Waals surface area contributed by atoms with Crippen LogP contribution in [0.25, 0.3) is 10.9 Å². The van der Waals surface area contributed by atoms with Crippen LogP contribution in [-0.2, 0) is 19.5 Å². The van der Waals surface area contributed by atoms with Gasteiger partial charge in [-0.15, -0.1) is 0 Å². The highest BCUT2D eigenvalue weighted by molar-refractivity contribution is 6.01. The van der Waals surface area contributed by atoms with Crippen molar-refractivity contribution in [3.05, 3.63) is 51.6 Å². The average molecular weight is 413 g/mol. The maximum absolute atomic E-state index is 14.0. The second kappa shape index (κ2) is 8.08. The summed E-state index contributed by atoms with van der Waals surface area (Å²) in [7, 11) is 0. The fraction of sp³-hybridized carbons (Fsp3) is 0.500. The van der Waals surface area contributed by atoms with Crippen molar-refractivity contribution in [3.63, 3.8) is 0 Å². The summed E-state index contributed by atoms with van der Waals surface area (Å²) in [6.07, 6.45) is 2.91. The van der Waals surface area contributed by atoms with Crippen LogP contribution in [0, 0.1) is 18.7 Å². The first-order chi connectivity index (χ1) is 14.3. The number of carbonyl (C=O) groups is 1. The molecule has 160 valence electrons. The number of H-pyrrole nitrogens is 1. The molecule has 1 aliphatic heterocycles. The highest BCUT2D eigenvalue weighted by Gasteiger charge is 2.24. The van der Waals surface area contributed by atoms with Gasteiger partial charge in [-0.2, -0.15) is 5.10 Å². The number of aromatic nitrogens is 4. The molecule has 1 aromatic carbocycles. The van der Waals surface area contributed by atoms with E-state index in [1.807, 2.05) is 6.92 Å². The number of hydrogen-bond acceptors (Lipinski definition) is 3. The summed E-state index contributed by atoms with van der Waals surface area (Å²) in [6, 6.07) is 4.75. The van der Waals surface area contributed by atoms with E-state index in [0.29, 0.717) is 54.9 Å². The van der Waals surface area contributed by atoms with Crippen LogP contribution in [0.2, 0.25) is 0 Å². The molecular formula is C22H28FN5O2. The normalized spacial score (nSPS) is 16.6. The lowest BCUT2D eigenvalue weighted by atomic mass is 10.1. The Kier molecular flexibility index (Phi) is 5.49. The molecule has 0 saturated carbocycles. The number of nitrogens with zero attached hydrogens (tertiary/aromatic N) is 3. The number of carbonyl (C=O) groups excluding carboxylic acids is 1. The molecule has 1 aliphatic rings. The molecule has 3 heterocycles. The van der Waals surface area contributed by atoms with Crippen molar-refractivity contribution in [1.82, 2.24) is 24.6 Å². The Morgan fingerprint density at radius 2 is 2.17 bits per heavy atom. The first kappa shape index (κ1) is 20.4. The van der Waals surface area contributed by atoms with E-state index in [-0.39, 0.29) is 23.5 Å². The van der Waals surface area contributed by atoms with Crippen molar-refractivity contribution in [2.75, 3.05) is 0 Å². The van der Waals surface area contributed by atoms with E-state index < -0.39 is 0 Å². The third-order valence-corrected chi connectivity index (χ3v) is 5.94. The van der Waals surface area contributed by atoms with Crippen molar-refractivity contribution in [1.29, 1.82) is 0 Å². The highest BCUT2D eigenvalue weighted by atomic mass is 19.1. The fourth-order valence-corrected chi connectivity index (χ4v) is 4.10. The Morgan fingerprint density at radius 3 is 2.90 bits per heavy atom. The predicted octanol–water partition coefficient (Wildman–Crippen LogP) is 3.15. The molecule has 0 spiro atoms. The molecule has 1 atom stereocenters. The minimum Gasteiger partial charge on any atom is -0.348 e. The molecule has 0 bridgehead atoms. The van der Waals surface area contributed by atoms with E-state index in [1.165, 1.54) is 6.07 Å². The van der Waals surface area contributed by atoms with Crippen LogP contribution >= 0.6 is 0 Å². The lowest BCUT2D eigenvalue weighted by Crippen LogP contribution is -2.36. The first-order valence-corrected chi connectivity index (χ1v) is 10.6. The molecule has 0 radical (unpaired) electrons. The Bertz CT molecular complexity index is 1140. The average Bonchev–Trinajstić information content (AvgIpc) is 3.12. The number of aromatic amines is 1. The molecule has 0 aliphatic carbocycles. The number of nitrogens with one attached hydrogen (secondary N) is 2. The number of fused-ring (bicyclic) bond motifs is 2. The van der Waals surface area contributed by atoms with E-state index in [9.17, 15) is 14.0 Å². The molecule has 2 aromatic heterocycles. The van der Waals surface area contributed by atoms with Gasteiger partial charge in [0.25, 0.3) is 5.91 Å². The summed E-state index contributed by atoms with van der Waals surface area (Å²) in [6.45, 7) is 7.23. The second-order valence-corrected chi connectivity index (χ2v) is 8.54. The maximum atomic E-state index is 14.0. The van der Waals surface area contributed by atoms with Crippen molar-refractivity contribution in [2.24, 2.45) is 5.92 Å². The first-order valence-electron chi connectivity index (χ1n) is 10.6. The molecule has 8 heteroatoms. The van der Waals surface area contributed by atoms with Gasteiger partial charge in [-0.05, 0) is 43.7 Å². The van der Waals surface area contributed by atoms with Crippen molar-refractivity contribution < 1.29 is 9.18 Å². The van der Waals surface area contributed by atoms with Crippen LogP contribution < -0.4 is 11.0 Å². The van der Waals surface area contributed by atoms with Gasteiger partial charge >= 0.3 is 5.69 Å². The highest BCUT2D eigenvalue weighted by Crippen LogP contribution is 2.24. The van der Waals surface area contributed by atoms with Crippen LogP contribution in [0.5, 0.6) is 0 Å². The minimum absolute atomic E-state index is 0.0698. The largest absolute Gasteiger partial charge is 0.348 e. The number of benzene rings is 1. The van der Waals surface area contributed by atoms with E-state index >= 15 is 0 Å². The van der Waals surface area contributed by atoms with Crippen molar-refractivity contribution >= 4 is 16.8 Å². The van der Waals surface area contributed by atoms with Crippen LogP contribution in [0.1, 0.15) is 55.0 Å². The Labute approximate surface area is 174 Å². The third kappa shape index (κ3) is 3.78. The van der Waals surface area contributed by atoms with Crippen LogP contribution in [0.3, 0.4) is 0 Å². The molecule has 0 saturated heterocycles. The zero-order valence-electron chi connectivity index (χ0n) is 17.7. The summed E-state index contributed by atoms with van der Waals surface area (Å²) in [5.41, 5.74) is 1.40. The molecule has 0 fully saturated rings. The van der Waals surface area contributed by atoms with Crippen molar-refractivity contribution in [3.8, 4) is 0 Å². The second-order valence-electron chi connectivity index (χ2n) is 8.54. The number of para-hydroxylation sites is 1. The van der Waals surface area contributed by atoms with Crippen LogP contribution in [-0.4, -0.2) is 31.3 Å². The van der Waals surface area contributed by atoms with Gasteiger partial charge in [0.15, 0.2) is 0 Å². The molecule has 2 N–H and O–H groups in total. The predicted molar refractivity (Wildman–Crippen MR) is 113 cm³/mol. The number of halogens is 1. The number of rotatable bonds is 5. The van der Waals surface area contributed by atoms with Gasteiger partial charge in [0.05, 0.1) is 5.52 Å². The Balaban J connectivity index is 1.46. The number of amides is 1. The molecular weight excluding hydrogens is 385 g/mol. The summed E-state index contributed by atoms with van der Waals surface area (Å²) in [5, 5.41) is 8.28. The monoisotopic (exact) mass is 413 g/mol. The van der Waals surface area contributed by atoms with E-state index in [2.05, 4.69) is 29.2 Å². The van der Waals surface area contributed by atoms with Crippen molar-refractivity contribution in [2.45, 2.75) is 65.6 Å². The van der Waals surface area contributed by atoms with E-state index in [4.69, 9.17) is 0 Å². The molecule has 1 unspecified atom stereocenters. The quantitative estimate of drug-likeness (QED) is 0.674. The van der Waals surface area contributed by atoms with Gasteiger partial charge in [0.2, 0.25) is 0 Å². The summed E-state index contributed by atoms with van der Waals surface area (Å²) < 4.78 is 17.3. The number of aryl methyl sites for hydroxylation is 3. The van der Waals surface area contributed by atoms with Crippen LogP contribution in [0.15, 0.2) is 23.0 Å². The zero-order chi connectivity index (χ0) is 21.4.